The second-order valence-electron chi connectivity index (χ2n) is 4.41. The highest BCUT2D eigenvalue weighted by Gasteiger charge is 2.13. The minimum atomic E-state index is -0.173. The predicted octanol–water partition coefficient (Wildman–Crippen LogP) is 0.508. The van der Waals surface area contributed by atoms with E-state index in [0.29, 0.717) is 5.92 Å². The summed E-state index contributed by atoms with van der Waals surface area (Å²) in [5.74, 6) is 0.422. The van der Waals surface area contributed by atoms with Crippen LogP contribution in [0.4, 0.5) is 0 Å². The summed E-state index contributed by atoms with van der Waals surface area (Å²) in [7, 11) is 0. The predicted molar refractivity (Wildman–Crippen MR) is 61.6 cm³/mol. The maximum atomic E-state index is 11.5. The summed E-state index contributed by atoms with van der Waals surface area (Å²) >= 11 is 0. The molecule has 0 aliphatic carbocycles. The van der Waals surface area contributed by atoms with Gasteiger partial charge in [0.15, 0.2) is 0 Å². The Hall–Kier alpha value is -0.610. The summed E-state index contributed by atoms with van der Waals surface area (Å²) in [6.45, 7) is 8.75. The summed E-state index contributed by atoms with van der Waals surface area (Å²) in [5.41, 5.74) is 0. The molecule has 0 fully saturated rings. The molecule has 0 aliphatic heterocycles. The lowest BCUT2D eigenvalue weighted by molar-refractivity contribution is -0.123. The van der Waals surface area contributed by atoms with Gasteiger partial charge >= 0.3 is 0 Å². The van der Waals surface area contributed by atoms with Gasteiger partial charge < -0.3 is 15.7 Å². The van der Waals surface area contributed by atoms with Crippen molar-refractivity contribution in [2.45, 2.75) is 46.2 Å². The summed E-state index contributed by atoms with van der Waals surface area (Å²) in [6.07, 6.45) is 0.769. The van der Waals surface area contributed by atoms with Crippen molar-refractivity contribution in [3.05, 3.63) is 0 Å². The second kappa shape index (κ2) is 7.65. The number of carbonyl (C=O) groups is 1. The van der Waals surface area contributed by atoms with Crippen LogP contribution in [0.1, 0.15) is 34.1 Å². The van der Waals surface area contributed by atoms with Crippen LogP contribution in [0.2, 0.25) is 0 Å². The van der Waals surface area contributed by atoms with Crippen molar-refractivity contribution in [1.29, 1.82) is 0 Å². The van der Waals surface area contributed by atoms with E-state index in [2.05, 4.69) is 17.6 Å². The Bertz CT molecular complexity index is 183. The number of aliphatic hydroxyl groups excluding tert-OH is 1. The zero-order valence-electron chi connectivity index (χ0n) is 10.2. The smallest absolute Gasteiger partial charge is 0.237 e. The molecule has 0 rings (SSSR count). The number of nitrogens with one attached hydrogen (secondary N) is 2. The second-order valence-corrected chi connectivity index (χ2v) is 4.41. The van der Waals surface area contributed by atoms with Crippen molar-refractivity contribution in [3.8, 4) is 0 Å². The number of hydrogen-bond donors (Lipinski definition) is 3. The fraction of sp³-hybridized carbons (Fsp3) is 0.909. The monoisotopic (exact) mass is 216 g/mol. The van der Waals surface area contributed by atoms with Crippen molar-refractivity contribution in [2.24, 2.45) is 5.92 Å². The molecular weight excluding hydrogens is 192 g/mol. The van der Waals surface area contributed by atoms with E-state index in [1.807, 2.05) is 20.8 Å². The first kappa shape index (κ1) is 14.4. The van der Waals surface area contributed by atoms with Crippen LogP contribution in [0.3, 0.4) is 0 Å². The van der Waals surface area contributed by atoms with E-state index in [4.69, 9.17) is 5.11 Å². The Morgan fingerprint density at radius 3 is 2.33 bits per heavy atom. The van der Waals surface area contributed by atoms with Gasteiger partial charge in [0.25, 0.3) is 0 Å². The van der Waals surface area contributed by atoms with Gasteiger partial charge in [-0.3, -0.25) is 4.79 Å². The van der Waals surface area contributed by atoms with E-state index < -0.39 is 0 Å². The summed E-state index contributed by atoms with van der Waals surface area (Å²) in [6, 6.07) is 0.00478. The standard InChI is InChI=1S/C11H24N2O2/c1-8(2)13-11(15)10(4)12-7-9(3)5-6-14/h8-10,12,14H,5-7H2,1-4H3,(H,13,15). The molecule has 0 bridgehead atoms. The molecule has 2 unspecified atom stereocenters. The zero-order valence-corrected chi connectivity index (χ0v) is 10.2. The molecule has 3 N–H and O–H groups in total. The first-order chi connectivity index (χ1) is 6.97. The van der Waals surface area contributed by atoms with Gasteiger partial charge in [0, 0.05) is 12.6 Å². The average molecular weight is 216 g/mol. The Morgan fingerprint density at radius 2 is 1.87 bits per heavy atom. The van der Waals surface area contributed by atoms with Gasteiger partial charge in [-0.1, -0.05) is 6.92 Å². The molecule has 0 saturated carbocycles. The minimum absolute atomic E-state index is 0.0289. The van der Waals surface area contributed by atoms with Crippen molar-refractivity contribution < 1.29 is 9.90 Å². The first-order valence-corrected chi connectivity index (χ1v) is 5.62. The fourth-order valence-electron chi connectivity index (χ4n) is 1.20. The van der Waals surface area contributed by atoms with Crippen LogP contribution in [0, 0.1) is 5.92 Å². The molecule has 2 atom stereocenters. The summed E-state index contributed by atoms with van der Waals surface area (Å²) in [5, 5.41) is 14.7. The number of carbonyl (C=O) groups excluding carboxylic acids is 1. The molecule has 0 aliphatic rings. The van der Waals surface area contributed by atoms with Gasteiger partial charge in [0.2, 0.25) is 5.91 Å². The topological polar surface area (TPSA) is 61.4 Å². The SMILES string of the molecule is CC(CCO)CNC(C)C(=O)NC(C)C. The average Bonchev–Trinajstić information content (AvgIpc) is 2.13. The Balaban J connectivity index is 3.72. The minimum Gasteiger partial charge on any atom is -0.396 e. The van der Waals surface area contributed by atoms with Crippen molar-refractivity contribution in [1.82, 2.24) is 10.6 Å². The number of amides is 1. The van der Waals surface area contributed by atoms with Gasteiger partial charge in [-0.05, 0) is 39.7 Å². The third kappa shape index (κ3) is 7.33. The highest BCUT2D eigenvalue weighted by atomic mass is 16.3. The van der Waals surface area contributed by atoms with Crippen molar-refractivity contribution >= 4 is 5.91 Å². The third-order valence-corrected chi connectivity index (χ3v) is 2.22. The molecule has 0 radical (unpaired) electrons. The van der Waals surface area contributed by atoms with Crippen LogP contribution >= 0.6 is 0 Å². The Kier molecular flexibility index (Phi) is 7.34. The lowest BCUT2D eigenvalue weighted by atomic mass is 10.1. The van der Waals surface area contributed by atoms with Crippen LogP contribution in [-0.2, 0) is 4.79 Å². The maximum absolute atomic E-state index is 11.5. The van der Waals surface area contributed by atoms with E-state index in [1.165, 1.54) is 0 Å². The molecule has 0 heterocycles. The first-order valence-electron chi connectivity index (χ1n) is 5.62. The molecule has 0 saturated heterocycles. The molecule has 90 valence electrons. The molecule has 0 aromatic rings. The van der Waals surface area contributed by atoms with Gasteiger partial charge in [-0.2, -0.15) is 0 Å². The summed E-state index contributed by atoms with van der Waals surface area (Å²) < 4.78 is 0. The number of hydrogen-bond acceptors (Lipinski definition) is 3. The van der Waals surface area contributed by atoms with E-state index in [1.54, 1.807) is 0 Å². The van der Waals surface area contributed by atoms with Crippen LogP contribution in [0.15, 0.2) is 0 Å². The van der Waals surface area contributed by atoms with E-state index >= 15 is 0 Å². The Labute approximate surface area is 92.4 Å². The van der Waals surface area contributed by atoms with E-state index in [-0.39, 0.29) is 24.6 Å². The van der Waals surface area contributed by atoms with Crippen LogP contribution in [0.5, 0.6) is 0 Å². The van der Waals surface area contributed by atoms with Crippen LogP contribution in [-0.4, -0.2) is 36.2 Å². The van der Waals surface area contributed by atoms with Crippen LogP contribution < -0.4 is 10.6 Å². The van der Waals surface area contributed by atoms with E-state index in [9.17, 15) is 4.79 Å². The maximum Gasteiger partial charge on any atom is 0.237 e. The zero-order chi connectivity index (χ0) is 11.8. The van der Waals surface area contributed by atoms with Gasteiger partial charge in [0.05, 0.1) is 6.04 Å². The molecule has 4 heteroatoms. The number of rotatable bonds is 7. The lowest BCUT2D eigenvalue weighted by Gasteiger charge is -2.18. The number of aliphatic hydroxyl groups is 1. The highest BCUT2D eigenvalue weighted by Crippen LogP contribution is 1.98. The molecular formula is C11H24N2O2. The Morgan fingerprint density at radius 1 is 1.27 bits per heavy atom. The van der Waals surface area contributed by atoms with E-state index in [0.717, 1.165) is 13.0 Å². The van der Waals surface area contributed by atoms with Crippen LogP contribution in [0.25, 0.3) is 0 Å². The molecule has 0 spiro atoms. The third-order valence-electron chi connectivity index (χ3n) is 2.22. The largest absolute Gasteiger partial charge is 0.396 e. The lowest BCUT2D eigenvalue weighted by Crippen LogP contribution is -2.45. The molecule has 15 heavy (non-hydrogen) atoms. The van der Waals surface area contributed by atoms with Crippen molar-refractivity contribution in [3.63, 3.8) is 0 Å². The van der Waals surface area contributed by atoms with Crippen molar-refractivity contribution in [2.75, 3.05) is 13.2 Å². The normalized spacial score (nSPS) is 15.1. The fourth-order valence-corrected chi connectivity index (χ4v) is 1.20. The summed E-state index contributed by atoms with van der Waals surface area (Å²) in [4.78, 5) is 11.5. The van der Waals surface area contributed by atoms with Gasteiger partial charge in [0.1, 0.15) is 0 Å². The van der Waals surface area contributed by atoms with Gasteiger partial charge in [-0.25, -0.2) is 0 Å². The highest BCUT2D eigenvalue weighted by molar-refractivity contribution is 5.81. The molecule has 4 nitrogen and oxygen atoms in total. The molecule has 0 aromatic carbocycles. The quantitative estimate of drug-likeness (QED) is 0.581. The molecule has 1 amide bonds. The molecule has 0 aromatic heterocycles. The van der Waals surface area contributed by atoms with Gasteiger partial charge in [-0.15, -0.1) is 0 Å².